The van der Waals surface area contributed by atoms with Gasteiger partial charge in [0.1, 0.15) is 0 Å². The minimum atomic E-state index is 0.626. The highest BCUT2D eigenvalue weighted by Crippen LogP contribution is 2.15. The first-order valence-corrected chi connectivity index (χ1v) is 6.38. The lowest BCUT2D eigenvalue weighted by atomic mass is 10.1. The molecule has 2 rings (SSSR count). The second kappa shape index (κ2) is 5.84. The van der Waals surface area contributed by atoms with Crippen molar-refractivity contribution in [1.82, 2.24) is 14.8 Å². The summed E-state index contributed by atoms with van der Waals surface area (Å²) in [4.78, 5) is 4.40. The fourth-order valence-electron chi connectivity index (χ4n) is 2.21. The molecular formula is C14H20N4O. The quantitative estimate of drug-likeness (QED) is 0.883. The number of aryl methyl sites for hydroxylation is 1. The van der Waals surface area contributed by atoms with Crippen molar-refractivity contribution in [3.8, 4) is 5.88 Å². The molecule has 5 heteroatoms. The summed E-state index contributed by atoms with van der Waals surface area (Å²) in [5, 5.41) is 4.56. The molecule has 0 bridgehead atoms. The van der Waals surface area contributed by atoms with Crippen LogP contribution in [0.2, 0.25) is 0 Å². The molecule has 2 heterocycles. The smallest absolute Gasteiger partial charge is 0.213 e. The first-order chi connectivity index (χ1) is 9.15. The van der Waals surface area contributed by atoms with Gasteiger partial charge in [-0.2, -0.15) is 5.10 Å². The minimum Gasteiger partial charge on any atom is -0.481 e. The van der Waals surface area contributed by atoms with E-state index in [1.807, 2.05) is 29.8 Å². The van der Waals surface area contributed by atoms with E-state index in [1.165, 1.54) is 5.56 Å². The summed E-state index contributed by atoms with van der Waals surface area (Å²) in [5.74, 6) is 0.626. The maximum Gasteiger partial charge on any atom is 0.213 e. The van der Waals surface area contributed by atoms with E-state index in [0.717, 1.165) is 23.5 Å². The Morgan fingerprint density at radius 2 is 2.11 bits per heavy atom. The molecule has 0 aliphatic heterocycles. The average Bonchev–Trinajstić information content (AvgIpc) is 2.67. The molecule has 0 aliphatic rings. The molecule has 2 aromatic heterocycles. The molecule has 0 amide bonds. The van der Waals surface area contributed by atoms with Gasteiger partial charge in [0.15, 0.2) is 0 Å². The highest BCUT2D eigenvalue weighted by atomic mass is 16.5. The van der Waals surface area contributed by atoms with E-state index in [1.54, 1.807) is 7.11 Å². The molecule has 0 atom stereocenters. The maximum atomic E-state index is 5.63. The van der Waals surface area contributed by atoms with Crippen LogP contribution in [0.4, 0.5) is 0 Å². The number of aromatic nitrogens is 3. The second-order valence-corrected chi connectivity index (χ2v) is 4.52. The highest BCUT2D eigenvalue weighted by molar-refractivity contribution is 5.26. The molecule has 0 aromatic carbocycles. The molecule has 0 saturated carbocycles. The number of nitrogens with two attached hydrogens (primary N) is 1. The normalized spacial score (nSPS) is 10.7. The molecule has 102 valence electrons. The first kappa shape index (κ1) is 13.5. The van der Waals surface area contributed by atoms with E-state index in [-0.39, 0.29) is 0 Å². The number of pyridine rings is 1. The van der Waals surface area contributed by atoms with E-state index < -0.39 is 0 Å². The van der Waals surface area contributed by atoms with Crippen LogP contribution >= 0.6 is 0 Å². The molecular weight excluding hydrogens is 240 g/mol. The molecule has 0 saturated heterocycles. The van der Waals surface area contributed by atoms with E-state index >= 15 is 0 Å². The van der Waals surface area contributed by atoms with Gasteiger partial charge in [0, 0.05) is 11.8 Å². The summed E-state index contributed by atoms with van der Waals surface area (Å²) in [6.07, 6.45) is 0.864. The van der Waals surface area contributed by atoms with Crippen molar-refractivity contribution < 1.29 is 4.74 Å². The fraction of sp³-hybridized carbons (Fsp3) is 0.429. The number of hydrogen-bond acceptors (Lipinski definition) is 4. The van der Waals surface area contributed by atoms with Crippen LogP contribution in [-0.4, -0.2) is 28.4 Å². The molecule has 0 spiro atoms. The Labute approximate surface area is 113 Å². The van der Waals surface area contributed by atoms with Crippen LogP contribution in [0.5, 0.6) is 5.88 Å². The van der Waals surface area contributed by atoms with Gasteiger partial charge in [-0.05, 0) is 38.4 Å². The van der Waals surface area contributed by atoms with Crippen LogP contribution in [0.1, 0.15) is 22.6 Å². The molecule has 2 N–H and O–H groups in total. The molecule has 5 nitrogen and oxygen atoms in total. The van der Waals surface area contributed by atoms with Crippen LogP contribution in [0.3, 0.4) is 0 Å². The summed E-state index contributed by atoms with van der Waals surface area (Å²) >= 11 is 0. The topological polar surface area (TPSA) is 66.0 Å². The van der Waals surface area contributed by atoms with Crippen LogP contribution in [0.15, 0.2) is 18.2 Å². The van der Waals surface area contributed by atoms with Crippen molar-refractivity contribution in [2.75, 3.05) is 13.7 Å². The van der Waals surface area contributed by atoms with Crippen molar-refractivity contribution >= 4 is 0 Å². The Morgan fingerprint density at radius 3 is 2.79 bits per heavy atom. The van der Waals surface area contributed by atoms with Gasteiger partial charge < -0.3 is 10.5 Å². The first-order valence-electron chi connectivity index (χ1n) is 6.38. The third kappa shape index (κ3) is 2.93. The van der Waals surface area contributed by atoms with Gasteiger partial charge in [-0.1, -0.05) is 6.07 Å². The zero-order valence-corrected chi connectivity index (χ0v) is 11.7. The van der Waals surface area contributed by atoms with E-state index in [4.69, 9.17) is 10.5 Å². The molecule has 19 heavy (non-hydrogen) atoms. The van der Waals surface area contributed by atoms with Gasteiger partial charge in [-0.15, -0.1) is 0 Å². The van der Waals surface area contributed by atoms with Crippen molar-refractivity contribution in [2.24, 2.45) is 5.73 Å². The van der Waals surface area contributed by atoms with Crippen LogP contribution in [0, 0.1) is 13.8 Å². The van der Waals surface area contributed by atoms with E-state index in [9.17, 15) is 0 Å². The van der Waals surface area contributed by atoms with Gasteiger partial charge in [0.25, 0.3) is 0 Å². The van der Waals surface area contributed by atoms with E-state index in [0.29, 0.717) is 19.0 Å². The number of methoxy groups -OCH3 is 1. The Bertz CT molecular complexity index is 563. The number of hydrogen-bond donors (Lipinski definition) is 1. The third-order valence-electron chi connectivity index (χ3n) is 3.23. The zero-order chi connectivity index (χ0) is 13.8. The molecule has 0 aliphatic carbocycles. The van der Waals surface area contributed by atoms with Gasteiger partial charge in [0.05, 0.1) is 25.0 Å². The van der Waals surface area contributed by atoms with Gasteiger partial charge >= 0.3 is 0 Å². The minimum absolute atomic E-state index is 0.626. The Hall–Kier alpha value is -1.88. The predicted octanol–water partition coefficient (Wildman–Crippen LogP) is 1.45. The monoisotopic (exact) mass is 260 g/mol. The van der Waals surface area contributed by atoms with Crippen molar-refractivity contribution in [2.45, 2.75) is 26.8 Å². The van der Waals surface area contributed by atoms with Gasteiger partial charge in [0.2, 0.25) is 5.88 Å². The Kier molecular flexibility index (Phi) is 4.16. The molecule has 0 fully saturated rings. The second-order valence-electron chi connectivity index (χ2n) is 4.52. The number of ether oxygens (including phenoxy) is 1. The lowest BCUT2D eigenvalue weighted by Crippen LogP contribution is -2.07. The van der Waals surface area contributed by atoms with Crippen LogP contribution < -0.4 is 10.5 Å². The molecule has 0 radical (unpaired) electrons. The standard InChI is InChI=1S/C14H20N4O/c1-10-13(7-8-15)11(2)18(17-10)9-12-5-4-6-14(16-12)19-3/h4-6H,7-9,15H2,1-3H3. The fourth-order valence-corrected chi connectivity index (χ4v) is 2.21. The predicted molar refractivity (Wildman–Crippen MR) is 74.4 cm³/mol. The van der Waals surface area contributed by atoms with Crippen molar-refractivity contribution in [3.05, 3.63) is 40.8 Å². The molecule has 2 aromatic rings. The maximum absolute atomic E-state index is 5.63. The number of rotatable bonds is 5. The van der Waals surface area contributed by atoms with Crippen molar-refractivity contribution in [1.29, 1.82) is 0 Å². The Morgan fingerprint density at radius 1 is 1.32 bits per heavy atom. The molecule has 0 unspecified atom stereocenters. The SMILES string of the molecule is COc1cccc(Cn2nc(C)c(CCN)c2C)n1. The largest absolute Gasteiger partial charge is 0.481 e. The summed E-state index contributed by atoms with van der Waals surface area (Å²) in [7, 11) is 1.62. The van der Waals surface area contributed by atoms with E-state index in [2.05, 4.69) is 17.0 Å². The van der Waals surface area contributed by atoms with Crippen LogP contribution in [-0.2, 0) is 13.0 Å². The highest BCUT2D eigenvalue weighted by Gasteiger charge is 2.11. The third-order valence-corrected chi connectivity index (χ3v) is 3.23. The number of nitrogens with zero attached hydrogens (tertiary/aromatic N) is 3. The van der Waals surface area contributed by atoms with Gasteiger partial charge in [-0.3, -0.25) is 4.68 Å². The van der Waals surface area contributed by atoms with Crippen LogP contribution in [0.25, 0.3) is 0 Å². The van der Waals surface area contributed by atoms with Gasteiger partial charge in [-0.25, -0.2) is 4.98 Å². The summed E-state index contributed by atoms with van der Waals surface area (Å²) in [6.45, 7) is 5.39. The lowest BCUT2D eigenvalue weighted by Gasteiger charge is -2.06. The Balaban J connectivity index is 2.25. The lowest BCUT2D eigenvalue weighted by molar-refractivity contribution is 0.395. The zero-order valence-electron chi connectivity index (χ0n) is 11.7. The van der Waals surface area contributed by atoms with Crippen molar-refractivity contribution in [3.63, 3.8) is 0 Å². The summed E-state index contributed by atoms with van der Waals surface area (Å²) in [6, 6.07) is 5.75. The summed E-state index contributed by atoms with van der Waals surface area (Å²) in [5.41, 5.74) is 10.0. The average molecular weight is 260 g/mol. The summed E-state index contributed by atoms with van der Waals surface area (Å²) < 4.78 is 7.11.